The van der Waals surface area contributed by atoms with Crippen LogP contribution in [0.15, 0.2) is 41.5 Å². The maximum Gasteiger partial charge on any atom is 0.191 e. The maximum atomic E-state index is 5.47. The van der Waals surface area contributed by atoms with Crippen molar-refractivity contribution >= 4 is 5.96 Å². The van der Waals surface area contributed by atoms with Crippen molar-refractivity contribution in [2.24, 2.45) is 4.99 Å². The van der Waals surface area contributed by atoms with E-state index in [1.54, 1.807) is 20.4 Å². The van der Waals surface area contributed by atoms with Crippen LogP contribution >= 0.6 is 0 Å². The summed E-state index contributed by atoms with van der Waals surface area (Å²) in [6.07, 6.45) is 1.81. The van der Waals surface area contributed by atoms with E-state index in [9.17, 15) is 0 Å². The number of aliphatic imine (C=N–C) groups is 1. The Morgan fingerprint density at radius 2 is 2.08 bits per heavy atom. The van der Waals surface area contributed by atoms with Gasteiger partial charge in [0.1, 0.15) is 5.75 Å². The molecular weight excluding hydrogens is 300 g/mol. The second-order valence-corrected chi connectivity index (χ2v) is 5.80. The number of methoxy groups -OCH3 is 1. The quantitative estimate of drug-likeness (QED) is 0.655. The number of ether oxygens (including phenoxy) is 1. The van der Waals surface area contributed by atoms with Crippen LogP contribution in [0.1, 0.15) is 35.3 Å². The highest BCUT2D eigenvalue weighted by molar-refractivity contribution is 5.80. The predicted octanol–water partition coefficient (Wildman–Crippen LogP) is 3.13. The van der Waals surface area contributed by atoms with Crippen LogP contribution in [0, 0.1) is 13.8 Å². The van der Waals surface area contributed by atoms with Gasteiger partial charge in [0.15, 0.2) is 5.96 Å². The van der Waals surface area contributed by atoms with E-state index >= 15 is 0 Å². The van der Waals surface area contributed by atoms with Crippen LogP contribution in [0.4, 0.5) is 0 Å². The normalized spacial score (nSPS) is 12.6. The van der Waals surface area contributed by atoms with Crippen LogP contribution in [-0.2, 0) is 6.54 Å². The molecule has 5 heteroatoms. The second-order valence-electron chi connectivity index (χ2n) is 5.80. The Balaban J connectivity index is 2.05. The molecule has 5 nitrogen and oxygen atoms in total. The summed E-state index contributed by atoms with van der Waals surface area (Å²) in [6, 6.07) is 10.2. The van der Waals surface area contributed by atoms with Crippen molar-refractivity contribution in [2.75, 3.05) is 14.2 Å². The molecule has 128 valence electrons. The number of hydrogen-bond donors (Lipinski definition) is 2. The third-order valence-electron chi connectivity index (χ3n) is 3.97. The first kappa shape index (κ1) is 17.8. The Morgan fingerprint density at radius 3 is 2.75 bits per heavy atom. The summed E-state index contributed by atoms with van der Waals surface area (Å²) in [5.74, 6) is 1.60. The standard InChI is InChI=1S/C19H26N4O/c1-13-8-9-18(24-5)16(11-13)15(3)23-19(20-4)22-12-17-14(2)7-6-10-21-17/h6-11,15H,12H2,1-5H3,(H2,20,22,23). The molecule has 0 spiro atoms. The zero-order valence-electron chi connectivity index (χ0n) is 15.1. The fraction of sp³-hybridized carbons (Fsp3) is 0.368. The van der Waals surface area contributed by atoms with E-state index in [1.807, 2.05) is 18.2 Å². The Morgan fingerprint density at radius 1 is 1.29 bits per heavy atom. The monoisotopic (exact) mass is 326 g/mol. The largest absolute Gasteiger partial charge is 0.496 e. The summed E-state index contributed by atoms with van der Waals surface area (Å²) < 4.78 is 5.47. The average Bonchev–Trinajstić information content (AvgIpc) is 2.59. The zero-order valence-corrected chi connectivity index (χ0v) is 15.1. The molecule has 24 heavy (non-hydrogen) atoms. The van der Waals surface area contributed by atoms with E-state index in [0.717, 1.165) is 28.5 Å². The van der Waals surface area contributed by atoms with Crippen LogP contribution in [0.25, 0.3) is 0 Å². The van der Waals surface area contributed by atoms with Gasteiger partial charge in [-0.05, 0) is 38.5 Å². The van der Waals surface area contributed by atoms with Gasteiger partial charge < -0.3 is 15.4 Å². The van der Waals surface area contributed by atoms with E-state index in [4.69, 9.17) is 4.74 Å². The van der Waals surface area contributed by atoms with Gasteiger partial charge in [-0.1, -0.05) is 23.8 Å². The van der Waals surface area contributed by atoms with Crippen LogP contribution in [-0.4, -0.2) is 25.1 Å². The maximum absolute atomic E-state index is 5.47. The zero-order chi connectivity index (χ0) is 17.5. The first-order valence-electron chi connectivity index (χ1n) is 8.07. The van der Waals surface area contributed by atoms with Gasteiger partial charge in [-0.15, -0.1) is 0 Å². The van der Waals surface area contributed by atoms with Crippen molar-refractivity contribution in [3.05, 3.63) is 58.9 Å². The summed E-state index contributed by atoms with van der Waals surface area (Å²) in [6.45, 7) is 6.85. The Labute approximate surface area is 144 Å². The van der Waals surface area contributed by atoms with Crippen LogP contribution in [0.5, 0.6) is 5.75 Å². The lowest BCUT2D eigenvalue weighted by atomic mass is 10.0. The van der Waals surface area contributed by atoms with Gasteiger partial charge in [-0.3, -0.25) is 9.98 Å². The molecule has 0 radical (unpaired) electrons. The number of guanidine groups is 1. The molecule has 1 unspecified atom stereocenters. The minimum Gasteiger partial charge on any atom is -0.496 e. The fourth-order valence-electron chi connectivity index (χ4n) is 2.54. The lowest BCUT2D eigenvalue weighted by molar-refractivity contribution is 0.405. The Kier molecular flexibility index (Phi) is 6.18. The highest BCUT2D eigenvalue weighted by Gasteiger charge is 2.13. The van der Waals surface area contributed by atoms with Crippen molar-refractivity contribution in [2.45, 2.75) is 33.4 Å². The molecule has 0 saturated heterocycles. The van der Waals surface area contributed by atoms with E-state index in [2.05, 4.69) is 53.5 Å². The number of pyridine rings is 1. The minimum absolute atomic E-state index is 0.0656. The van der Waals surface area contributed by atoms with Crippen LogP contribution in [0.2, 0.25) is 0 Å². The number of aryl methyl sites for hydroxylation is 2. The van der Waals surface area contributed by atoms with E-state index in [0.29, 0.717) is 6.54 Å². The second kappa shape index (κ2) is 8.34. The van der Waals surface area contributed by atoms with Gasteiger partial charge in [-0.2, -0.15) is 0 Å². The summed E-state index contributed by atoms with van der Waals surface area (Å²) in [4.78, 5) is 8.70. The number of aromatic nitrogens is 1. The molecule has 1 atom stereocenters. The molecule has 1 aromatic carbocycles. The number of rotatable bonds is 5. The highest BCUT2D eigenvalue weighted by atomic mass is 16.5. The Bertz CT molecular complexity index is 712. The molecule has 2 N–H and O–H groups in total. The van der Waals surface area contributed by atoms with E-state index in [1.165, 1.54) is 5.56 Å². The minimum atomic E-state index is 0.0656. The first-order chi connectivity index (χ1) is 11.5. The Hall–Kier alpha value is -2.56. The number of nitrogens with one attached hydrogen (secondary N) is 2. The van der Waals surface area contributed by atoms with Crippen LogP contribution < -0.4 is 15.4 Å². The summed E-state index contributed by atoms with van der Waals surface area (Å²) in [5, 5.41) is 6.72. The molecule has 0 bridgehead atoms. The van der Waals surface area contributed by atoms with Gasteiger partial charge >= 0.3 is 0 Å². The lowest BCUT2D eigenvalue weighted by Crippen LogP contribution is -2.38. The van der Waals surface area contributed by atoms with Gasteiger partial charge in [0.2, 0.25) is 0 Å². The topological polar surface area (TPSA) is 58.5 Å². The number of nitrogens with zero attached hydrogens (tertiary/aromatic N) is 2. The molecule has 2 rings (SSSR count). The highest BCUT2D eigenvalue weighted by Crippen LogP contribution is 2.25. The molecule has 0 aliphatic carbocycles. The van der Waals surface area contributed by atoms with Crippen LogP contribution in [0.3, 0.4) is 0 Å². The molecule has 0 aliphatic rings. The summed E-state index contributed by atoms with van der Waals surface area (Å²) in [7, 11) is 3.46. The van der Waals surface area contributed by atoms with Crippen molar-refractivity contribution < 1.29 is 4.74 Å². The molecule has 0 saturated carbocycles. The van der Waals surface area contributed by atoms with Crippen molar-refractivity contribution in [3.63, 3.8) is 0 Å². The van der Waals surface area contributed by atoms with Gasteiger partial charge in [-0.25, -0.2) is 0 Å². The average molecular weight is 326 g/mol. The molecule has 0 fully saturated rings. The lowest BCUT2D eigenvalue weighted by Gasteiger charge is -2.20. The summed E-state index contributed by atoms with van der Waals surface area (Å²) in [5.41, 5.74) is 4.48. The van der Waals surface area contributed by atoms with E-state index < -0.39 is 0 Å². The van der Waals surface area contributed by atoms with E-state index in [-0.39, 0.29) is 6.04 Å². The SMILES string of the molecule is CN=C(NCc1ncccc1C)NC(C)c1cc(C)ccc1OC. The fourth-order valence-corrected chi connectivity index (χ4v) is 2.54. The molecule has 2 aromatic rings. The van der Waals surface area contributed by atoms with Crippen molar-refractivity contribution in [1.82, 2.24) is 15.6 Å². The first-order valence-corrected chi connectivity index (χ1v) is 8.07. The van der Waals surface area contributed by atoms with Gasteiger partial charge in [0.05, 0.1) is 25.4 Å². The third-order valence-corrected chi connectivity index (χ3v) is 3.97. The van der Waals surface area contributed by atoms with Gasteiger partial charge in [0.25, 0.3) is 0 Å². The number of benzene rings is 1. The molecule has 0 amide bonds. The van der Waals surface area contributed by atoms with Crippen molar-refractivity contribution in [1.29, 1.82) is 0 Å². The molecule has 1 aromatic heterocycles. The smallest absolute Gasteiger partial charge is 0.191 e. The van der Waals surface area contributed by atoms with Crippen molar-refractivity contribution in [3.8, 4) is 5.75 Å². The molecule has 1 heterocycles. The molecule has 0 aliphatic heterocycles. The summed E-state index contributed by atoms with van der Waals surface area (Å²) >= 11 is 0. The van der Waals surface area contributed by atoms with Gasteiger partial charge in [0, 0.05) is 18.8 Å². The third kappa shape index (κ3) is 4.47. The predicted molar refractivity (Wildman–Crippen MR) is 98.5 cm³/mol. The molecular formula is C19H26N4O. The number of hydrogen-bond acceptors (Lipinski definition) is 3.